The summed E-state index contributed by atoms with van der Waals surface area (Å²) in [6.07, 6.45) is 0.626. The lowest BCUT2D eigenvalue weighted by atomic mass is 10.2. The van der Waals surface area contributed by atoms with Gasteiger partial charge in [0.25, 0.3) is 5.56 Å². The van der Waals surface area contributed by atoms with Crippen LogP contribution in [0.15, 0.2) is 58.1 Å². The van der Waals surface area contributed by atoms with Crippen LogP contribution in [0.1, 0.15) is 26.3 Å². The average Bonchev–Trinajstić information content (AvgIpc) is 2.71. The van der Waals surface area contributed by atoms with Crippen molar-refractivity contribution in [3.8, 4) is 5.75 Å². The SMILES string of the molecule is CC[C@@H](C)n1c(=O)c2ccccc2n(CC(=O)Nc2ccccc2OC)c1=O. The minimum Gasteiger partial charge on any atom is -0.495 e. The van der Waals surface area contributed by atoms with Crippen LogP contribution >= 0.6 is 0 Å². The third kappa shape index (κ3) is 3.55. The van der Waals surface area contributed by atoms with Gasteiger partial charge in [0.1, 0.15) is 12.3 Å². The average molecular weight is 381 g/mol. The lowest BCUT2D eigenvalue weighted by Crippen LogP contribution is -2.43. The van der Waals surface area contributed by atoms with Gasteiger partial charge in [-0.15, -0.1) is 0 Å². The third-order valence-corrected chi connectivity index (χ3v) is 4.80. The molecule has 0 spiro atoms. The van der Waals surface area contributed by atoms with E-state index in [1.165, 1.54) is 16.2 Å². The van der Waals surface area contributed by atoms with Gasteiger partial charge in [-0.05, 0) is 37.6 Å². The van der Waals surface area contributed by atoms with Gasteiger partial charge in [0.2, 0.25) is 5.91 Å². The summed E-state index contributed by atoms with van der Waals surface area (Å²) in [6.45, 7) is 3.51. The Labute approximate surface area is 162 Å². The molecule has 1 heterocycles. The molecule has 1 aromatic heterocycles. The van der Waals surface area contributed by atoms with E-state index in [2.05, 4.69) is 5.32 Å². The maximum atomic E-state index is 13.0. The van der Waals surface area contributed by atoms with Crippen LogP contribution in [0.4, 0.5) is 5.69 Å². The summed E-state index contributed by atoms with van der Waals surface area (Å²) < 4.78 is 7.80. The topological polar surface area (TPSA) is 82.3 Å². The molecule has 0 unspecified atom stereocenters. The molecule has 0 saturated heterocycles. The number of aromatic nitrogens is 2. The van der Waals surface area contributed by atoms with E-state index in [0.717, 1.165) is 0 Å². The van der Waals surface area contributed by atoms with Gasteiger partial charge in [0.15, 0.2) is 0 Å². The number of rotatable bonds is 6. The molecule has 0 saturated carbocycles. The number of nitrogens with one attached hydrogen (secondary N) is 1. The summed E-state index contributed by atoms with van der Waals surface area (Å²) in [6, 6.07) is 13.6. The molecule has 146 valence electrons. The zero-order valence-electron chi connectivity index (χ0n) is 16.1. The molecule has 1 atom stereocenters. The summed E-state index contributed by atoms with van der Waals surface area (Å²) in [5, 5.41) is 3.18. The van der Waals surface area contributed by atoms with Crippen molar-refractivity contribution in [2.45, 2.75) is 32.9 Å². The fourth-order valence-electron chi connectivity index (χ4n) is 3.14. The monoisotopic (exact) mass is 381 g/mol. The Morgan fingerprint density at radius 2 is 1.79 bits per heavy atom. The van der Waals surface area contributed by atoms with E-state index in [1.54, 1.807) is 48.5 Å². The Bertz CT molecular complexity index is 1130. The lowest BCUT2D eigenvalue weighted by Gasteiger charge is -2.17. The van der Waals surface area contributed by atoms with Crippen molar-refractivity contribution >= 4 is 22.5 Å². The molecule has 0 bridgehead atoms. The van der Waals surface area contributed by atoms with Gasteiger partial charge >= 0.3 is 5.69 Å². The minimum atomic E-state index is -0.492. The molecule has 7 nitrogen and oxygen atoms in total. The van der Waals surface area contributed by atoms with Crippen molar-refractivity contribution in [3.63, 3.8) is 0 Å². The summed E-state index contributed by atoms with van der Waals surface area (Å²) >= 11 is 0. The predicted octanol–water partition coefficient (Wildman–Crippen LogP) is 2.78. The molecule has 0 fully saturated rings. The van der Waals surface area contributed by atoms with Crippen molar-refractivity contribution in [2.24, 2.45) is 0 Å². The van der Waals surface area contributed by atoms with E-state index >= 15 is 0 Å². The Balaban J connectivity index is 2.06. The quantitative estimate of drug-likeness (QED) is 0.712. The van der Waals surface area contributed by atoms with E-state index in [0.29, 0.717) is 28.8 Å². The number of hydrogen-bond acceptors (Lipinski definition) is 4. The number of methoxy groups -OCH3 is 1. The van der Waals surface area contributed by atoms with E-state index in [9.17, 15) is 14.4 Å². The number of benzene rings is 2. The predicted molar refractivity (Wildman–Crippen MR) is 109 cm³/mol. The molecule has 7 heteroatoms. The number of nitrogens with zero attached hydrogens (tertiary/aromatic N) is 2. The van der Waals surface area contributed by atoms with Crippen LogP contribution in [0, 0.1) is 0 Å². The van der Waals surface area contributed by atoms with Crippen molar-refractivity contribution in [1.29, 1.82) is 0 Å². The minimum absolute atomic E-state index is 0.214. The number of para-hydroxylation sites is 3. The number of fused-ring (bicyclic) bond motifs is 1. The van der Waals surface area contributed by atoms with Crippen LogP contribution in [0.2, 0.25) is 0 Å². The zero-order chi connectivity index (χ0) is 20.3. The first kappa shape index (κ1) is 19.4. The van der Waals surface area contributed by atoms with Gasteiger partial charge in [-0.2, -0.15) is 0 Å². The molecular formula is C21H23N3O4. The van der Waals surface area contributed by atoms with Crippen LogP contribution in [-0.2, 0) is 11.3 Å². The molecule has 1 amide bonds. The van der Waals surface area contributed by atoms with Crippen LogP contribution in [-0.4, -0.2) is 22.2 Å². The lowest BCUT2D eigenvalue weighted by molar-refractivity contribution is -0.116. The van der Waals surface area contributed by atoms with Crippen molar-refractivity contribution in [3.05, 3.63) is 69.4 Å². The van der Waals surface area contributed by atoms with Gasteiger partial charge in [-0.25, -0.2) is 4.79 Å². The zero-order valence-corrected chi connectivity index (χ0v) is 16.1. The van der Waals surface area contributed by atoms with E-state index < -0.39 is 5.69 Å². The van der Waals surface area contributed by atoms with Gasteiger partial charge in [-0.3, -0.25) is 18.7 Å². The van der Waals surface area contributed by atoms with Crippen molar-refractivity contribution < 1.29 is 9.53 Å². The Morgan fingerprint density at radius 3 is 2.50 bits per heavy atom. The smallest absolute Gasteiger partial charge is 0.332 e. The van der Waals surface area contributed by atoms with Gasteiger partial charge in [-0.1, -0.05) is 31.2 Å². The number of carbonyl (C=O) groups is 1. The highest BCUT2D eigenvalue weighted by Gasteiger charge is 2.18. The number of carbonyl (C=O) groups excluding carboxylic acids is 1. The highest BCUT2D eigenvalue weighted by Crippen LogP contribution is 2.23. The molecule has 1 N–H and O–H groups in total. The Morgan fingerprint density at radius 1 is 1.11 bits per heavy atom. The number of anilines is 1. The second kappa shape index (κ2) is 8.12. The van der Waals surface area contributed by atoms with Crippen molar-refractivity contribution in [1.82, 2.24) is 9.13 Å². The molecule has 3 rings (SSSR count). The highest BCUT2D eigenvalue weighted by atomic mass is 16.5. The molecule has 0 aliphatic carbocycles. The molecule has 28 heavy (non-hydrogen) atoms. The second-order valence-electron chi connectivity index (χ2n) is 6.57. The van der Waals surface area contributed by atoms with Crippen LogP contribution in [0.25, 0.3) is 10.9 Å². The summed E-state index contributed by atoms with van der Waals surface area (Å²) in [7, 11) is 1.52. The summed E-state index contributed by atoms with van der Waals surface area (Å²) in [5.74, 6) is 0.142. The fraction of sp³-hybridized carbons (Fsp3) is 0.286. The molecule has 0 radical (unpaired) electrons. The number of ether oxygens (including phenoxy) is 1. The highest BCUT2D eigenvalue weighted by molar-refractivity contribution is 5.93. The maximum absolute atomic E-state index is 13.0. The Kier molecular flexibility index (Phi) is 5.63. The van der Waals surface area contributed by atoms with Crippen LogP contribution in [0.5, 0.6) is 5.75 Å². The van der Waals surface area contributed by atoms with E-state index in [-0.39, 0.29) is 24.1 Å². The molecule has 2 aromatic carbocycles. The summed E-state index contributed by atoms with van der Waals surface area (Å²) in [4.78, 5) is 38.5. The van der Waals surface area contributed by atoms with Gasteiger partial charge in [0.05, 0.1) is 23.7 Å². The first-order chi connectivity index (χ1) is 13.5. The van der Waals surface area contributed by atoms with Crippen LogP contribution in [0.3, 0.4) is 0 Å². The first-order valence-corrected chi connectivity index (χ1v) is 9.14. The summed E-state index contributed by atoms with van der Waals surface area (Å²) in [5.41, 5.74) is 0.124. The molecule has 0 aliphatic rings. The molecular weight excluding hydrogens is 358 g/mol. The van der Waals surface area contributed by atoms with E-state index in [1.807, 2.05) is 13.8 Å². The normalized spacial score (nSPS) is 12.0. The maximum Gasteiger partial charge on any atom is 0.332 e. The molecule has 0 aliphatic heterocycles. The van der Waals surface area contributed by atoms with Gasteiger partial charge < -0.3 is 10.1 Å². The van der Waals surface area contributed by atoms with Gasteiger partial charge in [0, 0.05) is 6.04 Å². The number of amides is 1. The molecule has 3 aromatic rings. The second-order valence-corrected chi connectivity index (χ2v) is 6.57. The third-order valence-electron chi connectivity index (χ3n) is 4.80. The number of hydrogen-bond donors (Lipinski definition) is 1. The Hall–Kier alpha value is -3.35. The standard InChI is InChI=1S/C21H23N3O4/c1-4-14(2)24-20(26)15-9-5-7-11-17(15)23(21(24)27)13-19(25)22-16-10-6-8-12-18(16)28-3/h5-12,14H,4,13H2,1-3H3,(H,22,25)/t14-/m1/s1. The fourth-order valence-corrected chi connectivity index (χ4v) is 3.14. The van der Waals surface area contributed by atoms with Crippen LogP contribution < -0.4 is 21.3 Å². The van der Waals surface area contributed by atoms with Crippen molar-refractivity contribution in [2.75, 3.05) is 12.4 Å². The largest absolute Gasteiger partial charge is 0.495 e. The van der Waals surface area contributed by atoms with E-state index in [4.69, 9.17) is 4.74 Å². The first-order valence-electron chi connectivity index (χ1n) is 9.14.